The summed E-state index contributed by atoms with van der Waals surface area (Å²) in [6, 6.07) is 14.3. The standard InChI is InChI=1S/C24H22ClN5O3/c1-14-18(15(2)30-13-27-22(23(26)32)24(30)28-14)11-12-21(31)29-16-7-9-17(10-8-16)33-20-6-4-3-5-19(20)25/h3-10,13H,11-12H2,1-2H3,(H2,26,32)(H,29,31). The molecule has 0 saturated carbocycles. The van der Waals surface area contributed by atoms with E-state index in [-0.39, 0.29) is 18.0 Å². The van der Waals surface area contributed by atoms with Crippen LogP contribution in [-0.4, -0.2) is 26.2 Å². The second-order valence-electron chi connectivity index (χ2n) is 7.52. The van der Waals surface area contributed by atoms with Gasteiger partial charge in [-0.25, -0.2) is 9.97 Å². The number of aromatic nitrogens is 3. The number of primary amides is 1. The van der Waals surface area contributed by atoms with Crippen LogP contribution in [0.25, 0.3) is 5.65 Å². The van der Waals surface area contributed by atoms with E-state index in [4.69, 9.17) is 22.1 Å². The molecule has 0 unspecified atom stereocenters. The summed E-state index contributed by atoms with van der Waals surface area (Å²) >= 11 is 6.12. The van der Waals surface area contributed by atoms with Crippen LogP contribution < -0.4 is 15.8 Å². The molecule has 0 radical (unpaired) electrons. The maximum atomic E-state index is 12.5. The van der Waals surface area contributed by atoms with Crippen molar-refractivity contribution in [3.8, 4) is 11.5 Å². The lowest BCUT2D eigenvalue weighted by Gasteiger charge is -2.12. The summed E-state index contributed by atoms with van der Waals surface area (Å²) in [5.41, 5.74) is 9.11. The van der Waals surface area contributed by atoms with Crippen LogP contribution in [0.1, 0.15) is 33.9 Å². The molecule has 4 rings (SSSR count). The summed E-state index contributed by atoms with van der Waals surface area (Å²) < 4.78 is 7.48. The number of nitrogens with one attached hydrogen (secondary N) is 1. The number of nitrogens with zero attached hydrogens (tertiary/aromatic N) is 3. The van der Waals surface area contributed by atoms with Gasteiger partial charge in [-0.1, -0.05) is 23.7 Å². The molecule has 9 heteroatoms. The summed E-state index contributed by atoms with van der Waals surface area (Å²) in [6.45, 7) is 3.74. The summed E-state index contributed by atoms with van der Waals surface area (Å²) in [7, 11) is 0. The highest BCUT2D eigenvalue weighted by atomic mass is 35.5. The fourth-order valence-corrected chi connectivity index (χ4v) is 3.76. The molecule has 0 aliphatic rings. The van der Waals surface area contributed by atoms with Crippen LogP contribution in [-0.2, 0) is 11.2 Å². The molecule has 4 aromatic rings. The number of imidazole rings is 1. The van der Waals surface area contributed by atoms with Crippen LogP contribution in [0.5, 0.6) is 11.5 Å². The minimum Gasteiger partial charge on any atom is -0.456 e. The number of anilines is 1. The van der Waals surface area contributed by atoms with Crippen LogP contribution in [0.3, 0.4) is 0 Å². The van der Waals surface area contributed by atoms with Gasteiger partial charge in [-0.2, -0.15) is 0 Å². The van der Waals surface area contributed by atoms with E-state index in [9.17, 15) is 9.59 Å². The van der Waals surface area contributed by atoms with Gasteiger partial charge >= 0.3 is 0 Å². The van der Waals surface area contributed by atoms with Crippen molar-refractivity contribution in [2.24, 2.45) is 5.73 Å². The molecular formula is C24H22ClN5O3. The van der Waals surface area contributed by atoms with Crippen molar-refractivity contribution in [3.05, 3.63) is 82.5 Å². The minimum atomic E-state index is -0.626. The second kappa shape index (κ2) is 9.30. The molecule has 0 spiro atoms. The number of benzene rings is 2. The van der Waals surface area contributed by atoms with E-state index in [1.807, 2.05) is 26.0 Å². The quantitative estimate of drug-likeness (QED) is 0.420. The van der Waals surface area contributed by atoms with Crippen molar-refractivity contribution in [2.45, 2.75) is 26.7 Å². The number of aryl methyl sites for hydroxylation is 2. The first kappa shape index (κ1) is 22.3. The zero-order valence-electron chi connectivity index (χ0n) is 18.1. The average molecular weight is 464 g/mol. The number of rotatable bonds is 7. The largest absolute Gasteiger partial charge is 0.456 e. The Balaban J connectivity index is 1.40. The lowest BCUT2D eigenvalue weighted by Crippen LogP contribution is -2.15. The van der Waals surface area contributed by atoms with Crippen molar-refractivity contribution < 1.29 is 14.3 Å². The molecule has 0 bridgehead atoms. The molecule has 33 heavy (non-hydrogen) atoms. The molecule has 0 saturated heterocycles. The number of carbonyl (C=O) groups excluding carboxylic acids is 2. The molecule has 2 amide bonds. The predicted molar refractivity (Wildman–Crippen MR) is 126 cm³/mol. The Labute approximate surface area is 195 Å². The minimum absolute atomic E-state index is 0.128. The number of fused-ring (bicyclic) bond motifs is 1. The Morgan fingerprint density at radius 3 is 2.55 bits per heavy atom. The number of hydrogen-bond donors (Lipinski definition) is 2. The molecule has 0 aliphatic heterocycles. The zero-order valence-corrected chi connectivity index (χ0v) is 18.9. The average Bonchev–Trinajstić information content (AvgIpc) is 3.21. The van der Waals surface area contributed by atoms with Gasteiger partial charge in [-0.15, -0.1) is 0 Å². The molecule has 3 N–H and O–H groups in total. The molecular weight excluding hydrogens is 442 g/mol. The summed E-state index contributed by atoms with van der Waals surface area (Å²) in [5.74, 6) is 0.423. The molecule has 8 nitrogen and oxygen atoms in total. The van der Waals surface area contributed by atoms with E-state index in [1.165, 1.54) is 6.33 Å². The Bertz CT molecular complexity index is 1350. The van der Waals surface area contributed by atoms with E-state index in [1.54, 1.807) is 40.8 Å². The van der Waals surface area contributed by atoms with Crippen molar-refractivity contribution in [1.82, 2.24) is 14.4 Å². The first-order chi connectivity index (χ1) is 15.8. The van der Waals surface area contributed by atoms with Gasteiger partial charge in [0.2, 0.25) is 5.91 Å². The SMILES string of the molecule is Cc1nc2c(C(N)=O)ncn2c(C)c1CCC(=O)Nc1ccc(Oc2ccccc2Cl)cc1. The van der Waals surface area contributed by atoms with Crippen molar-refractivity contribution in [2.75, 3.05) is 5.32 Å². The molecule has 2 aromatic carbocycles. The summed E-state index contributed by atoms with van der Waals surface area (Å²) in [4.78, 5) is 32.6. The van der Waals surface area contributed by atoms with Crippen LogP contribution in [0, 0.1) is 13.8 Å². The fourth-order valence-electron chi connectivity index (χ4n) is 3.59. The van der Waals surface area contributed by atoms with E-state index < -0.39 is 5.91 Å². The number of halogens is 1. The van der Waals surface area contributed by atoms with Gasteiger partial charge in [0, 0.05) is 23.5 Å². The third-order valence-electron chi connectivity index (χ3n) is 5.29. The van der Waals surface area contributed by atoms with Crippen molar-refractivity contribution in [1.29, 1.82) is 0 Å². The van der Waals surface area contributed by atoms with Crippen LogP contribution >= 0.6 is 11.6 Å². The van der Waals surface area contributed by atoms with Gasteiger partial charge < -0.3 is 15.8 Å². The van der Waals surface area contributed by atoms with Gasteiger partial charge in [0.25, 0.3) is 5.91 Å². The van der Waals surface area contributed by atoms with Gasteiger partial charge in [0.1, 0.15) is 17.8 Å². The van der Waals surface area contributed by atoms with E-state index >= 15 is 0 Å². The number of carbonyl (C=O) groups is 2. The van der Waals surface area contributed by atoms with Crippen LogP contribution in [0.4, 0.5) is 5.69 Å². The van der Waals surface area contributed by atoms with E-state index in [0.29, 0.717) is 34.3 Å². The van der Waals surface area contributed by atoms with E-state index in [2.05, 4.69) is 15.3 Å². The number of para-hydroxylation sites is 1. The Morgan fingerprint density at radius 2 is 1.85 bits per heavy atom. The molecule has 2 aromatic heterocycles. The Hall–Kier alpha value is -3.91. The van der Waals surface area contributed by atoms with Gasteiger partial charge in [-0.3, -0.25) is 14.0 Å². The number of amides is 2. The molecule has 168 valence electrons. The van der Waals surface area contributed by atoms with Gasteiger partial charge in [0.15, 0.2) is 11.3 Å². The summed E-state index contributed by atoms with van der Waals surface area (Å²) in [6.07, 6.45) is 2.28. The van der Waals surface area contributed by atoms with Crippen LogP contribution in [0.15, 0.2) is 54.9 Å². The van der Waals surface area contributed by atoms with Crippen molar-refractivity contribution in [3.63, 3.8) is 0 Å². The number of hydrogen-bond acceptors (Lipinski definition) is 5. The lowest BCUT2D eigenvalue weighted by atomic mass is 10.1. The number of ether oxygens (including phenoxy) is 1. The highest BCUT2D eigenvalue weighted by molar-refractivity contribution is 6.32. The van der Waals surface area contributed by atoms with Crippen molar-refractivity contribution >= 4 is 34.7 Å². The molecule has 0 atom stereocenters. The van der Waals surface area contributed by atoms with Gasteiger partial charge in [0.05, 0.1) is 5.02 Å². The smallest absolute Gasteiger partial charge is 0.271 e. The van der Waals surface area contributed by atoms with E-state index in [0.717, 1.165) is 17.0 Å². The number of nitrogens with two attached hydrogens (primary N) is 1. The van der Waals surface area contributed by atoms with Gasteiger partial charge in [-0.05, 0) is 62.2 Å². The Morgan fingerprint density at radius 1 is 1.12 bits per heavy atom. The maximum Gasteiger partial charge on any atom is 0.271 e. The second-order valence-corrected chi connectivity index (χ2v) is 7.92. The first-order valence-electron chi connectivity index (χ1n) is 10.3. The monoisotopic (exact) mass is 463 g/mol. The highest BCUT2D eigenvalue weighted by Gasteiger charge is 2.17. The third-order valence-corrected chi connectivity index (χ3v) is 5.60. The zero-order chi connectivity index (χ0) is 23.5. The predicted octanol–water partition coefficient (Wildman–Crippen LogP) is 4.46. The maximum absolute atomic E-state index is 12.5. The van der Waals surface area contributed by atoms with Crippen LogP contribution in [0.2, 0.25) is 5.02 Å². The molecule has 0 fully saturated rings. The normalized spacial score (nSPS) is 10.9. The fraction of sp³-hybridized carbons (Fsp3) is 0.167. The third kappa shape index (κ3) is 4.80. The highest BCUT2D eigenvalue weighted by Crippen LogP contribution is 2.29. The lowest BCUT2D eigenvalue weighted by molar-refractivity contribution is -0.116. The summed E-state index contributed by atoms with van der Waals surface area (Å²) in [5, 5.41) is 3.41. The first-order valence-corrected chi connectivity index (χ1v) is 10.7. The Kier molecular flexibility index (Phi) is 6.28. The topological polar surface area (TPSA) is 112 Å². The molecule has 2 heterocycles. The molecule has 0 aliphatic carbocycles.